The molecule has 0 radical (unpaired) electrons. The van der Waals surface area contributed by atoms with Gasteiger partial charge in [-0.3, -0.25) is 0 Å². The molecule has 3 rings (SSSR count). The molecule has 0 aliphatic carbocycles. The maximum absolute atomic E-state index is 13.3. The standard InChI is InChI=1S/C17H17FN2O/c1-11-7-14(18)8-12(2)15(11)10-21-16-5-4-6-20-9-13(3)19-17(16)20/h4-9H,10H2,1-3H3. The van der Waals surface area contributed by atoms with Crippen LogP contribution in [0.15, 0.2) is 36.7 Å². The van der Waals surface area contributed by atoms with Crippen molar-refractivity contribution in [1.29, 1.82) is 0 Å². The lowest BCUT2D eigenvalue weighted by molar-refractivity contribution is 0.306. The first-order chi connectivity index (χ1) is 10.0. The quantitative estimate of drug-likeness (QED) is 0.727. The molecule has 0 aliphatic rings. The van der Waals surface area contributed by atoms with Crippen LogP contribution < -0.4 is 4.74 Å². The first kappa shape index (κ1) is 13.6. The molecule has 2 heterocycles. The van der Waals surface area contributed by atoms with Crippen molar-refractivity contribution in [3.05, 3.63) is 64.9 Å². The third-order valence-corrected chi connectivity index (χ3v) is 3.60. The topological polar surface area (TPSA) is 26.5 Å². The lowest BCUT2D eigenvalue weighted by atomic mass is 10.0. The fourth-order valence-electron chi connectivity index (χ4n) is 2.54. The van der Waals surface area contributed by atoms with Gasteiger partial charge in [0, 0.05) is 12.4 Å². The fourth-order valence-corrected chi connectivity index (χ4v) is 2.54. The zero-order valence-electron chi connectivity index (χ0n) is 12.4. The number of rotatable bonds is 3. The van der Waals surface area contributed by atoms with E-state index in [9.17, 15) is 4.39 Å². The summed E-state index contributed by atoms with van der Waals surface area (Å²) in [6.45, 7) is 6.15. The van der Waals surface area contributed by atoms with Gasteiger partial charge in [-0.15, -0.1) is 0 Å². The summed E-state index contributed by atoms with van der Waals surface area (Å²) in [4.78, 5) is 4.46. The lowest BCUT2D eigenvalue weighted by Crippen LogP contribution is -2.02. The van der Waals surface area contributed by atoms with E-state index in [1.807, 2.05) is 49.7 Å². The van der Waals surface area contributed by atoms with E-state index in [2.05, 4.69) is 4.98 Å². The number of aromatic nitrogens is 2. The van der Waals surface area contributed by atoms with Crippen LogP contribution in [0.1, 0.15) is 22.4 Å². The summed E-state index contributed by atoms with van der Waals surface area (Å²) in [5, 5.41) is 0. The minimum absolute atomic E-state index is 0.209. The molecule has 3 nitrogen and oxygen atoms in total. The highest BCUT2D eigenvalue weighted by Crippen LogP contribution is 2.22. The van der Waals surface area contributed by atoms with Crippen LogP contribution in [0.25, 0.3) is 5.65 Å². The molecule has 0 saturated heterocycles. The Labute approximate surface area is 123 Å². The van der Waals surface area contributed by atoms with Crippen molar-refractivity contribution in [2.75, 3.05) is 0 Å². The van der Waals surface area contributed by atoms with E-state index in [0.29, 0.717) is 6.61 Å². The SMILES string of the molecule is Cc1cn2cccc(OCc3c(C)cc(F)cc3C)c2n1. The number of benzene rings is 1. The Hall–Kier alpha value is -2.36. The van der Waals surface area contributed by atoms with Gasteiger partial charge in [0.05, 0.1) is 5.69 Å². The van der Waals surface area contributed by atoms with E-state index in [0.717, 1.165) is 33.8 Å². The Balaban J connectivity index is 1.90. The number of imidazole rings is 1. The van der Waals surface area contributed by atoms with Gasteiger partial charge in [0.1, 0.15) is 12.4 Å². The molecule has 0 amide bonds. The number of ether oxygens (including phenoxy) is 1. The maximum Gasteiger partial charge on any atom is 0.179 e. The Morgan fingerprint density at radius 3 is 2.62 bits per heavy atom. The van der Waals surface area contributed by atoms with E-state index in [1.165, 1.54) is 12.1 Å². The summed E-state index contributed by atoms with van der Waals surface area (Å²) in [6, 6.07) is 6.89. The van der Waals surface area contributed by atoms with Gasteiger partial charge in [0.2, 0.25) is 0 Å². The minimum atomic E-state index is -0.209. The van der Waals surface area contributed by atoms with Crippen molar-refractivity contribution >= 4 is 5.65 Å². The molecule has 0 spiro atoms. The normalized spacial score (nSPS) is 11.0. The summed E-state index contributed by atoms with van der Waals surface area (Å²) in [7, 11) is 0. The molecular formula is C17H17FN2O. The monoisotopic (exact) mass is 284 g/mol. The lowest BCUT2D eigenvalue weighted by Gasteiger charge is -2.12. The number of aryl methyl sites for hydroxylation is 3. The molecule has 2 aromatic heterocycles. The molecule has 0 unspecified atom stereocenters. The molecule has 0 bridgehead atoms. The second-order valence-corrected chi connectivity index (χ2v) is 5.29. The molecule has 3 aromatic rings. The van der Waals surface area contributed by atoms with Crippen LogP contribution in [-0.4, -0.2) is 9.38 Å². The van der Waals surface area contributed by atoms with Crippen molar-refractivity contribution < 1.29 is 9.13 Å². The predicted octanol–water partition coefficient (Wildman–Crippen LogP) is 3.98. The Morgan fingerprint density at radius 2 is 1.90 bits per heavy atom. The van der Waals surface area contributed by atoms with Crippen LogP contribution >= 0.6 is 0 Å². The molecule has 108 valence electrons. The van der Waals surface area contributed by atoms with Crippen LogP contribution in [-0.2, 0) is 6.61 Å². The zero-order chi connectivity index (χ0) is 15.0. The van der Waals surface area contributed by atoms with Crippen molar-refractivity contribution in [1.82, 2.24) is 9.38 Å². The van der Waals surface area contributed by atoms with E-state index < -0.39 is 0 Å². The van der Waals surface area contributed by atoms with Crippen molar-refractivity contribution in [3.8, 4) is 5.75 Å². The van der Waals surface area contributed by atoms with Gasteiger partial charge in [-0.1, -0.05) is 0 Å². The molecule has 0 atom stereocenters. The largest absolute Gasteiger partial charge is 0.485 e. The van der Waals surface area contributed by atoms with Crippen molar-refractivity contribution in [2.24, 2.45) is 0 Å². The highest BCUT2D eigenvalue weighted by atomic mass is 19.1. The molecule has 21 heavy (non-hydrogen) atoms. The highest BCUT2D eigenvalue weighted by molar-refractivity contribution is 5.54. The number of nitrogens with zero attached hydrogens (tertiary/aromatic N) is 2. The maximum atomic E-state index is 13.3. The molecule has 1 aromatic carbocycles. The smallest absolute Gasteiger partial charge is 0.179 e. The van der Waals surface area contributed by atoms with E-state index >= 15 is 0 Å². The summed E-state index contributed by atoms with van der Waals surface area (Å²) >= 11 is 0. The van der Waals surface area contributed by atoms with Gasteiger partial charge in [0.15, 0.2) is 11.4 Å². The van der Waals surface area contributed by atoms with Crippen LogP contribution in [0.3, 0.4) is 0 Å². The number of hydrogen-bond acceptors (Lipinski definition) is 2. The molecule has 0 aliphatic heterocycles. The van der Waals surface area contributed by atoms with E-state index in [-0.39, 0.29) is 5.82 Å². The Kier molecular flexibility index (Phi) is 3.37. The van der Waals surface area contributed by atoms with Gasteiger partial charge in [0.25, 0.3) is 0 Å². The van der Waals surface area contributed by atoms with Gasteiger partial charge in [-0.2, -0.15) is 0 Å². The van der Waals surface area contributed by atoms with Crippen molar-refractivity contribution in [2.45, 2.75) is 27.4 Å². The minimum Gasteiger partial charge on any atom is -0.485 e. The van der Waals surface area contributed by atoms with Gasteiger partial charge >= 0.3 is 0 Å². The molecular weight excluding hydrogens is 267 g/mol. The average Bonchev–Trinajstić information content (AvgIpc) is 2.78. The number of halogens is 1. The molecule has 0 saturated carbocycles. The van der Waals surface area contributed by atoms with Gasteiger partial charge in [-0.25, -0.2) is 9.37 Å². The Bertz CT molecular complexity index is 785. The van der Waals surface area contributed by atoms with Crippen LogP contribution in [0, 0.1) is 26.6 Å². The first-order valence-electron chi connectivity index (χ1n) is 6.87. The Morgan fingerprint density at radius 1 is 1.19 bits per heavy atom. The summed E-state index contributed by atoms with van der Waals surface area (Å²) in [5.41, 5.74) is 4.56. The predicted molar refractivity (Wildman–Crippen MR) is 80.1 cm³/mol. The van der Waals surface area contributed by atoms with Crippen LogP contribution in [0.4, 0.5) is 4.39 Å². The highest BCUT2D eigenvalue weighted by Gasteiger charge is 2.09. The van der Waals surface area contributed by atoms with Crippen LogP contribution in [0.5, 0.6) is 5.75 Å². The molecule has 0 N–H and O–H groups in total. The summed E-state index contributed by atoms with van der Waals surface area (Å²) in [5.74, 6) is 0.522. The molecule has 0 fully saturated rings. The molecule has 4 heteroatoms. The fraction of sp³-hybridized carbons (Fsp3) is 0.235. The van der Waals surface area contributed by atoms with Gasteiger partial charge < -0.3 is 9.14 Å². The zero-order valence-corrected chi connectivity index (χ0v) is 12.4. The third kappa shape index (κ3) is 2.61. The first-order valence-corrected chi connectivity index (χ1v) is 6.87. The van der Waals surface area contributed by atoms with Crippen LogP contribution in [0.2, 0.25) is 0 Å². The number of hydrogen-bond donors (Lipinski definition) is 0. The third-order valence-electron chi connectivity index (χ3n) is 3.60. The average molecular weight is 284 g/mol. The summed E-state index contributed by atoms with van der Waals surface area (Å²) < 4.78 is 21.2. The number of fused-ring (bicyclic) bond motifs is 1. The van der Waals surface area contributed by atoms with Gasteiger partial charge in [-0.05, 0) is 61.7 Å². The second kappa shape index (κ2) is 5.20. The van der Waals surface area contributed by atoms with Crippen molar-refractivity contribution in [3.63, 3.8) is 0 Å². The van der Waals surface area contributed by atoms with E-state index in [1.54, 1.807) is 0 Å². The summed E-state index contributed by atoms with van der Waals surface area (Å²) in [6.07, 6.45) is 3.90. The second-order valence-electron chi connectivity index (χ2n) is 5.29. The van der Waals surface area contributed by atoms with E-state index in [4.69, 9.17) is 4.74 Å². The number of pyridine rings is 1.